The van der Waals surface area contributed by atoms with E-state index in [2.05, 4.69) is 12.6 Å². The van der Waals surface area contributed by atoms with Gasteiger partial charge in [-0.1, -0.05) is 18.7 Å². The summed E-state index contributed by atoms with van der Waals surface area (Å²) in [7, 11) is 0. The van der Waals surface area contributed by atoms with Crippen molar-refractivity contribution in [3.63, 3.8) is 0 Å². The molecular weight excluding hydrogens is 186 g/mol. The van der Waals surface area contributed by atoms with Crippen LogP contribution in [0.1, 0.15) is 0 Å². The molecule has 0 aliphatic rings. The van der Waals surface area contributed by atoms with Gasteiger partial charge in [0, 0.05) is 6.20 Å². The summed E-state index contributed by atoms with van der Waals surface area (Å²) in [6, 6.07) is 8.13. The van der Waals surface area contributed by atoms with Gasteiger partial charge in [-0.05, 0) is 24.4 Å². The second-order valence-electron chi connectivity index (χ2n) is 2.39. The third-order valence-corrected chi connectivity index (χ3v) is 3.08. The third kappa shape index (κ3) is 1.02. The molecule has 1 heterocycles. The fourth-order valence-corrected chi connectivity index (χ4v) is 2.48. The number of hydrogen-bond acceptors (Lipinski definition) is 2. The van der Waals surface area contributed by atoms with Crippen LogP contribution in [0.25, 0.3) is 16.4 Å². The predicted molar refractivity (Wildman–Crippen MR) is 57.0 cm³/mol. The molecule has 1 aromatic heterocycles. The largest absolute Gasteiger partial charge is 0.299 e. The quantitative estimate of drug-likeness (QED) is 0.627. The zero-order valence-electron chi connectivity index (χ0n) is 6.36. The van der Waals surface area contributed by atoms with Gasteiger partial charge in [0.25, 0.3) is 0 Å². The molecule has 12 heavy (non-hydrogen) atoms. The average Bonchev–Trinajstić information content (AvgIpc) is 2.40. The molecule has 0 N–H and O–H groups in total. The molecule has 1 nitrogen and oxygen atoms in total. The lowest BCUT2D eigenvalue weighted by Gasteiger charge is -1.93. The van der Waals surface area contributed by atoms with Crippen LogP contribution in [0, 0.1) is 3.95 Å². The van der Waals surface area contributed by atoms with Gasteiger partial charge >= 0.3 is 0 Å². The van der Waals surface area contributed by atoms with Gasteiger partial charge in [-0.25, -0.2) is 0 Å². The van der Waals surface area contributed by atoms with Crippen molar-refractivity contribution in [2.45, 2.75) is 0 Å². The molecule has 0 atom stereocenters. The SMILES string of the molecule is C=Cn1c(=S)sc2ccccc21. The van der Waals surface area contributed by atoms with Crippen LogP contribution >= 0.6 is 23.6 Å². The van der Waals surface area contributed by atoms with E-state index < -0.39 is 0 Å². The molecule has 60 valence electrons. The van der Waals surface area contributed by atoms with E-state index in [-0.39, 0.29) is 0 Å². The lowest BCUT2D eigenvalue weighted by Crippen LogP contribution is -1.81. The number of hydrogen-bond donors (Lipinski definition) is 0. The first-order valence-corrected chi connectivity index (χ1v) is 4.78. The van der Waals surface area contributed by atoms with Crippen molar-refractivity contribution in [1.29, 1.82) is 0 Å². The molecule has 0 aliphatic carbocycles. The van der Waals surface area contributed by atoms with Crippen LogP contribution in [-0.4, -0.2) is 4.57 Å². The van der Waals surface area contributed by atoms with E-state index >= 15 is 0 Å². The van der Waals surface area contributed by atoms with Crippen molar-refractivity contribution in [1.82, 2.24) is 4.57 Å². The van der Waals surface area contributed by atoms with Crippen molar-refractivity contribution in [3.05, 3.63) is 34.8 Å². The first-order chi connectivity index (χ1) is 5.83. The normalized spacial score (nSPS) is 10.3. The summed E-state index contributed by atoms with van der Waals surface area (Å²) in [5.41, 5.74) is 1.14. The molecular formula is C9H7NS2. The van der Waals surface area contributed by atoms with Crippen molar-refractivity contribution in [3.8, 4) is 0 Å². The highest BCUT2D eigenvalue weighted by Gasteiger charge is 1.99. The summed E-state index contributed by atoms with van der Waals surface area (Å²) < 4.78 is 3.99. The van der Waals surface area contributed by atoms with Crippen molar-refractivity contribution in [2.75, 3.05) is 0 Å². The minimum atomic E-state index is 0.853. The molecule has 1 aromatic carbocycles. The topological polar surface area (TPSA) is 4.93 Å². The highest BCUT2D eigenvalue weighted by atomic mass is 32.1. The van der Waals surface area contributed by atoms with Crippen molar-refractivity contribution < 1.29 is 0 Å². The van der Waals surface area contributed by atoms with E-state index in [1.165, 1.54) is 4.70 Å². The molecule has 0 unspecified atom stereocenters. The Labute approximate surface area is 79.6 Å². The fraction of sp³-hybridized carbons (Fsp3) is 0. The Hall–Kier alpha value is -0.930. The molecule has 0 spiro atoms. The summed E-state index contributed by atoms with van der Waals surface area (Å²) in [6.45, 7) is 3.72. The maximum absolute atomic E-state index is 5.16. The maximum atomic E-state index is 5.16. The molecule has 0 saturated heterocycles. The van der Waals surface area contributed by atoms with Gasteiger partial charge in [0.15, 0.2) is 3.95 Å². The lowest BCUT2D eigenvalue weighted by atomic mass is 10.3. The van der Waals surface area contributed by atoms with Crippen LogP contribution < -0.4 is 0 Å². The van der Waals surface area contributed by atoms with Gasteiger partial charge in [-0.2, -0.15) is 0 Å². The second kappa shape index (κ2) is 2.84. The Morgan fingerprint density at radius 2 is 2.17 bits per heavy atom. The number of fused-ring (bicyclic) bond motifs is 1. The summed E-state index contributed by atoms with van der Waals surface area (Å²) in [5, 5.41) is 0. The number of benzene rings is 1. The highest BCUT2D eigenvalue weighted by molar-refractivity contribution is 7.73. The number of nitrogens with zero attached hydrogens (tertiary/aromatic N) is 1. The summed E-state index contributed by atoms with van der Waals surface area (Å²) in [6.07, 6.45) is 1.75. The van der Waals surface area contributed by atoms with Gasteiger partial charge < -0.3 is 0 Å². The molecule has 0 fully saturated rings. The minimum absolute atomic E-state index is 0.853. The van der Waals surface area contributed by atoms with E-state index in [9.17, 15) is 0 Å². The average molecular weight is 193 g/mol. The Bertz CT molecular complexity index is 478. The molecule has 3 heteroatoms. The zero-order chi connectivity index (χ0) is 8.55. The Morgan fingerprint density at radius 1 is 1.42 bits per heavy atom. The Morgan fingerprint density at radius 3 is 2.92 bits per heavy atom. The van der Waals surface area contributed by atoms with Crippen LogP contribution in [0.15, 0.2) is 30.8 Å². The minimum Gasteiger partial charge on any atom is -0.299 e. The van der Waals surface area contributed by atoms with Gasteiger partial charge in [0.2, 0.25) is 0 Å². The monoisotopic (exact) mass is 193 g/mol. The summed E-state index contributed by atoms with van der Waals surface area (Å²) in [4.78, 5) is 0. The number of rotatable bonds is 1. The molecule has 0 saturated carbocycles. The van der Waals surface area contributed by atoms with Crippen LogP contribution in [0.5, 0.6) is 0 Å². The van der Waals surface area contributed by atoms with E-state index in [0.717, 1.165) is 9.47 Å². The van der Waals surface area contributed by atoms with E-state index in [0.29, 0.717) is 0 Å². The zero-order valence-corrected chi connectivity index (χ0v) is 7.99. The van der Waals surface area contributed by atoms with Gasteiger partial charge in [-0.3, -0.25) is 4.57 Å². The molecule has 2 rings (SSSR count). The Kier molecular flexibility index (Phi) is 1.83. The molecule has 2 aromatic rings. The van der Waals surface area contributed by atoms with Gasteiger partial charge in [0.05, 0.1) is 10.2 Å². The maximum Gasteiger partial charge on any atom is 0.166 e. The number of aromatic nitrogens is 1. The van der Waals surface area contributed by atoms with Crippen LogP contribution in [0.3, 0.4) is 0 Å². The molecule has 0 aliphatic heterocycles. The summed E-state index contributed by atoms with van der Waals surface area (Å²) >= 11 is 6.77. The smallest absolute Gasteiger partial charge is 0.166 e. The number of thiazole rings is 1. The first-order valence-electron chi connectivity index (χ1n) is 3.55. The summed E-state index contributed by atoms with van der Waals surface area (Å²) in [5.74, 6) is 0. The van der Waals surface area contributed by atoms with Crippen molar-refractivity contribution >= 4 is 40.0 Å². The van der Waals surface area contributed by atoms with E-state index in [4.69, 9.17) is 12.2 Å². The molecule has 0 radical (unpaired) electrons. The Balaban J connectivity index is 3.00. The van der Waals surface area contributed by atoms with Crippen molar-refractivity contribution in [2.24, 2.45) is 0 Å². The van der Waals surface area contributed by atoms with Gasteiger partial charge in [0.1, 0.15) is 0 Å². The lowest BCUT2D eigenvalue weighted by molar-refractivity contribution is 1.23. The molecule has 0 bridgehead atoms. The fourth-order valence-electron chi connectivity index (χ4n) is 1.16. The third-order valence-electron chi connectivity index (χ3n) is 1.70. The van der Waals surface area contributed by atoms with E-state index in [1.54, 1.807) is 17.5 Å². The predicted octanol–water partition coefficient (Wildman–Crippen LogP) is 3.53. The van der Waals surface area contributed by atoms with Crippen LogP contribution in [0.4, 0.5) is 0 Å². The number of para-hydroxylation sites is 1. The molecule has 0 amide bonds. The van der Waals surface area contributed by atoms with Crippen LogP contribution in [-0.2, 0) is 0 Å². The highest BCUT2D eigenvalue weighted by Crippen LogP contribution is 2.22. The van der Waals surface area contributed by atoms with E-state index in [1.807, 2.05) is 22.8 Å². The standard InChI is InChI=1S/C9H7NS2/c1-2-10-7-5-3-4-6-8(7)12-9(10)11/h2-6H,1H2. The van der Waals surface area contributed by atoms with Crippen LogP contribution in [0.2, 0.25) is 0 Å². The second-order valence-corrected chi connectivity index (χ2v) is 4.06. The van der Waals surface area contributed by atoms with Gasteiger partial charge in [-0.15, -0.1) is 11.3 Å². The first kappa shape index (κ1) is 7.71.